The molecule has 2 saturated heterocycles. The first-order valence-corrected chi connectivity index (χ1v) is 9.91. The van der Waals surface area contributed by atoms with E-state index in [-0.39, 0.29) is 0 Å². The minimum absolute atomic E-state index is 0.573. The molecule has 2 aliphatic heterocycles. The van der Waals surface area contributed by atoms with Crippen LogP contribution in [0.3, 0.4) is 0 Å². The number of hydrogen-bond donors (Lipinski definition) is 0. The molecule has 3 fully saturated rings. The Labute approximate surface area is 151 Å². The zero-order valence-corrected chi connectivity index (χ0v) is 15.0. The van der Waals surface area contributed by atoms with Crippen LogP contribution in [0.15, 0.2) is 60.7 Å². The summed E-state index contributed by atoms with van der Waals surface area (Å²) in [7, 11) is 0. The molecule has 2 aromatic rings. The first-order valence-electron chi connectivity index (χ1n) is 9.91. The quantitative estimate of drug-likeness (QED) is 0.823. The van der Waals surface area contributed by atoms with Crippen molar-refractivity contribution in [1.82, 2.24) is 9.80 Å². The van der Waals surface area contributed by atoms with Crippen molar-refractivity contribution in [2.45, 2.75) is 50.9 Å². The molecule has 5 rings (SSSR count). The minimum Gasteiger partial charge on any atom is -0.295 e. The van der Waals surface area contributed by atoms with E-state index in [1.807, 2.05) is 0 Å². The third-order valence-electron chi connectivity index (χ3n) is 7.11. The molecule has 2 aromatic carbocycles. The summed E-state index contributed by atoms with van der Waals surface area (Å²) in [5.41, 5.74) is 3.52. The van der Waals surface area contributed by atoms with Crippen molar-refractivity contribution >= 4 is 0 Å². The topological polar surface area (TPSA) is 6.48 Å². The standard InChI is InChI=1S/C23H28N2/c1-3-7-19(8-4-1)17-24-15-13-23-14-16-25(22(23)12-11-21(23)24)18-20-9-5-2-6-10-20/h1-10,21-22H,11-18H2. The zero-order chi connectivity index (χ0) is 16.7. The number of likely N-dealkylation sites (tertiary alicyclic amines) is 2. The van der Waals surface area contributed by atoms with Crippen molar-refractivity contribution in [3.63, 3.8) is 0 Å². The smallest absolute Gasteiger partial charge is 0.0236 e. The predicted octanol–water partition coefficient (Wildman–Crippen LogP) is 4.32. The molecule has 2 heteroatoms. The Morgan fingerprint density at radius 1 is 0.680 bits per heavy atom. The second kappa shape index (κ2) is 6.26. The van der Waals surface area contributed by atoms with E-state index in [4.69, 9.17) is 0 Å². The Morgan fingerprint density at radius 2 is 1.12 bits per heavy atom. The van der Waals surface area contributed by atoms with Crippen LogP contribution in [-0.4, -0.2) is 35.0 Å². The summed E-state index contributed by atoms with van der Waals surface area (Å²) in [4.78, 5) is 5.59. The van der Waals surface area contributed by atoms with Gasteiger partial charge < -0.3 is 0 Å². The fraction of sp³-hybridized carbons (Fsp3) is 0.478. The summed E-state index contributed by atoms with van der Waals surface area (Å²) in [6.07, 6.45) is 5.59. The number of benzene rings is 2. The first kappa shape index (κ1) is 15.6. The SMILES string of the molecule is c1ccc(CN2CCC34CCN(Cc5ccccc5)C3CCC24)cc1. The fourth-order valence-electron chi connectivity index (χ4n) is 6.03. The van der Waals surface area contributed by atoms with Gasteiger partial charge in [0.2, 0.25) is 0 Å². The average molecular weight is 332 g/mol. The zero-order valence-electron chi connectivity index (χ0n) is 15.0. The van der Waals surface area contributed by atoms with E-state index < -0.39 is 0 Å². The van der Waals surface area contributed by atoms with Crippen molar-refractivity contribution in [2.75, 3.05) is 13.1 Å². The van der Waals surface area contributed by atoms with Crippen LogP contribution in [0, 0.1) is 5.41 Å². The van der Waals surface area contributed by atoms with Gasteiger partial charge in [-0.3, -0.25) is 9.80 Å². The monoisotopic (exact) mass is 332 g/mol. The van der Waals surface area contributed by atoms with Gasteiger partial charge >= 0.3 is 0 Å². The maximum absolute atomic E-state index is 2.79. The van der Waals surface area contributed by atoms with Gasteiger partial charge in [0.25, 0.3) is 0 Å². The van der Waals surface area contributed by atoms with Gasteiger partial charge in [-0.1, -0.05) is 60.7 Å². The van der Waals surface area contributed by atoms with Gasteiger partial charge in [0.15, 0.2) is 0 Å². The summed E-state index contributed by atoms with van der Waals surface area (Å²) in [6, 6.07) is 23.7. The third-order valence-corrected chi connectivity index (χ3v) is 7.11. The molecule has 0 aromatic heterocycles. The summed E-state index contributed by atoms with van der Waals surface area (Å²) in [6.45, 7) is 4.85. The van der Waals surface area contributed by atoms with E-state index in [9.17, 15) is 0 Å². The molecule has 1 aliphatic carbocycles. The molecule has 0 bridgehead atoms. The van der Waals surface area contributed by atoms with E-state index in [1.165, 1.54) is 49.9 Å². The van der Waals surface area contributed by atoms with Crippen molar-refractivity contribution in [1.29, 1.82) is 0 Å². The molecule has 0 radical (unpaired) electrons. The molecule has 2 nitrogen and oxygen atoms in total. The second-order valence-corrected chi connectivity index (χ2v) is 8.25. The predicted molar refractivity (Wildman–Crippen MR) is 102 cm³/mol. The van der Waals surface area contributed by atoms with E-state index >= 15 is 0 Å². The van der Waals surface area contributed by atoms with Crippen molar-refractivity contribution in [3.8, 4) is 0 Å². The highest BCUT2D eigenvalue weighted by atomic mass is 15.3. The molecule has 3 aliphatic rings. The van der Waals surface area contributed by atoms with Crippen molar-refractivity contribution < 1.29 is 0 Å². The lowest BCUT2D eigenvalue weighted by Gasteiger charge is -2.34. The molecule has 1 saturated carbocycles. The van der Waals surface area contributed by atoms with Crippen molar-refractivity contribution in [3.05, 3.63) is 71.8 Å². The van der Waals surface area contributed by atoms with Crippen LogP contribution in [0.25, 0.3) is 0 Å². The molecule has 2 unspecified atom stereocenters. The normalized spacial score (nSPS) is 32.0. The molecular weight excluding hydrogens is 304 g/mol. The van der Waals surface area contributed by atoms with Crippen LogP contribution >= 0.6 is 0 Å². The van der Waals surface area contributed by atoms with Crippen LogP contribution in [-0.2, 0) is 13.1 Å². The molecule has 2 heterocycles. The highest BCUT2D eigenvalue weighted by Crippen LogP contribution is 2.56. The van der Waals surface area contributed by atoms with Gasteiger partial charge in [0, 0.05) is 30.6 Å². The van der Waals surface area contributed by atoms with Gasteiger partial charge in [-0.25, -0.2) is 0 Å². The summed E-state index contributed by atoms with van der Waals surface area (Å²) >= 11 is 0. The Kier molecular flexibility index (Phi) is 3.91. The molecule has 1 spiro atoms. The van der Waals surface area contributed by atoms with E-state index in [0.29, 0.717) is 5.41 Å². The van der Waals surface area contributed by atoms with Gasteiger partial charge in [0.05, 0.1) is 0 Å². The second-order valence-electron chi connectivity index (χ2n) is 8.25. The molecular formula is C23H28N2. The largest absolute Gasteiger partial charge is 0.295 e. The summed E-state index contributed by atoms with van der Waals surface area (Å²) < 4.78 is 0. The molecule has 0 amide bonds. The van der Waals surface area contributed by atoms with Gasteiger partial charge in [-0.15, -0.1) is 0 Å². The van der Waals surface area contributed by atoms with E-state index in [2.05, 4.69) is 70.5 Å². The minimum atomic E-state index is 0.573. The van der Waals surface area contributed by atoms with Gasteiger partial charge in [-0.05, 0) is 49.9 Å². The summed E-state index contributed by atoms with van der Waals surface area (Å²) in [5, 5.41) is 0. The molecule has 2 atom stereocenters. The van der Waals surface area contributed by atoms with E-state index in [0.717, 1.165) is 25.2 Å². The maximum Gasteiger partial charge on any atom is 0.0236 e. The van der Waals surface area contributed by atoms with Crippen LogP contribution in [0.5, 0.6) is 0 Å². The van der Waals surface area contributed by atoms with Crippen LogP contribution in [0.2, 0.25) is 0 Å². The molecule has 0 N–H and O–H groups in total. The molecule has 130 valence electrons. The van der Waals surface area contributed by atoms with E-state index in [1.54, 1.807) is 0 Å². The van der Waals surface area contributed by atoms with Gasteiger partial charge in [-0.2, -0.15) is 0 Å². The fourth-order valence-corrected chi connectivity index (χ4v) is 6.03. The number of hydrogen-bond acceptors (Lipinski definition) is 2. The lowest BCUT2D eigenvalue weighted by atomic mass is 9.79. The highest BCUT2D eigenvalue weighted by Gasteiger charge is 2.59. The molecule has 25 heavy (non-hydrogen) atoms. The van der Waals surface area contributed by atoms with Gasteiger partial charge in [0.1, 0.15) is 0 Å². The number of rotatable bonds is 4. The summed E-state index contributed by atoms with van der Waals surface area (Å²) in [5.74, 6) is 0. The van der Waals surface area contributed by atoms with Crippen molar-refractivity contribution in [2.24, 2.45) is 5.41 Å². The van der Waals surface area contributed by atoms with Crippen LogP contribution in [0.1, 0.15) is 36.8 Å². The Balaban J connectivity index is 1.32. The average Bonchev–Trinajstić information content (AvgIpc) is 3.28. The third kappa shape index (κ3) is 2.63. The highest BCUT2D eigenvalue weighted by molar-refractivity contribution is 5.20. The first-order chi connectivity index (χ1) is 12.4. The lowest BCUT2D eigenvalue weighted by molar-refractivity contribution is 0.148. The Hall–Kier alpha value is -1.64. The van der Waals surface area contributed by atoms with Crippen LogP contribution < -0.4 is 0 Å². The number of nitrogens with zero attached hydrogens (tertiary/aromatic N) is 2. The van der Waals surface area contributed by atoms with Crippen LogP contribution in [0.4, 0.5) is 0 Å². The Morgan fingerprint density at radius 3 is 1.56 bits per heavy atom. The lowest BCUT2D eigenvalue weighted by Crippen LogP contribution is -2.40. The Bertz CT molecular complexity index is 648. The maximum atomic E-state index is 2.79.